The molecule has 3 heterocycles. The number of aromatic nitrogens is 3. The predicted molar refractivity (Wildman–Crippen MR) is 215 cm³/mol. The molecule has 0 aliphatic carbocycles. The fourth-order valence-electron chi connectivity index (χ4n) is 6.00. The minimum Gasteiger partial charge on any atom is -0.872 e. The molecule has 0 bridgehead atoms. The summed E-state index contributed by atoms with van der Waals surface area (Å²) in [4.78, 5) is 11.5. The Bertz CT molecular complexity index is 2710. The molecule has 64 heavy (non-hydrogen) atoms. The van der Waals surface area contributed by atoms with E-state index in [4.69, 9.17) is 5.26 Å². The molecule has 0 saturated heterocycles. The Morgan fingerprint density at radius 2 is 0.688 bits per heavy atom. The Morgan fingerprint density at radius 3 is 0.953 bits per heavy atom. The van der Waals surface area contributed by atoms with Crippen LogP contribution in [-0.4, -0.2) is 32.3 Å². The van der Waals surface area contributed by atoms with Crippen LogP contribution in [0.2, 0.25) is 0 Å². The minimum atomic E-state index is -4.47. The number of rotatable bonds is 1. The van der Waals surface area contributed by atoms with Crippen molar-refractivity contribution in [3.05, 3.63) is 161 Å². The summed E-state index contributed by atoms with van der Waals surface area (Å²) < 4.78 is 114. The number of halogens is 9. The van der Waals surface area contributed by atoms with Crippen molar-refractivity contribution in [2.45, 2.75) is 39.3 Å². The first-order valence-electron chi connectivity index (χ1n) is 18.2. The second kappa shape index (κ2) is 20.0. The van der Waals surface area contributed by atoms with Gasteiger partial charge in [-0.2, -0.15) is 44.8 Å². The molecule has 0 amide bonds. The van der Waals surface area contributed by atoms with Gasteiger partial charge in [0, 0.05) is 33.2 Å². The summed E-state index contributed by atoms with van der Waals surface area (Å²) >= 11 is 0. The predicted octanol–water partition coefficient (Wildman–Crippen LogP) is 9.82. The molecule has 0 N–H and O–H groups in total. The molecular formula is C46H29AlF9N4O4-. The van der Waals surface area contributed by atoms with Crippen LogP contribution in [0.1, 0.15) is 39.3 Å². The van der Waals surface area contributed by atoms with Crippen LogP contribution >= 0.6 is 0 Å². The molecule has 0 spiro atoms. The number of nitrogens with zero attached hydrogens (tertiary/aromatic N) is 4. The molecule has 0 fully saturated rings. The van der Waals surface area contributed by atoms with E-state index in [1.54, 1.807) is 45.0 Å². The van der Waals surface area contributed by atoms with Gasteiger partial charge in [0.2, 0.25) is 0 Å². The number of pyridine rings is 3. The van der Waals surface area contributed by atoms with Gasteiger partial charge in [0.25, 0.3) is 0 Å². The molecule has 0 saturated carbocycles. The molecule has 8 nitrogen and oxygen atoms in total. The van der Waals surface area contributed by atoms with Crippen molar-refractivity contribution in [1.29, 1.82) is 5.26 Å². The van der Waals surface area contributed by atoms with E-state index in [2.05, 4.69) is 21.0 Å². The van der Waals surface area contributed by atoms with Crippen LogP contribution in [0.5, 0.6) is 23.0 Å². The van der Waals surface area contributed by atoms with Gasteiger partial charge in [-0.25, -0.2) is 0 Å². The summed E-state index contributed by atoms with van der Waals surface area (Å²) in [5.41, 5.74) is 1.32. The van der Waals surface area contributed by atoms with E-state index in [1.807, 2.05) is 12.1 Å². The third-order valence-electron chi connectivity index (χ3n) is 9.00. The molecule has 3 aromatic heterocycles. The van der Waals surface area contributed by atoms with E-state index < -0.39 is 52.5 Å². The zero-order valence-electron chi connectivity index (χ0n) is 33.4. The van der Waals surface area contributed by atoms with Gasteiger partial charge in [-0.1, -0.05) is 90.0 Å². The standard InChI is InChI=1S/C13H9NO.3C11H8F3NO.Al/c14-9-10-1-3-11(4-2-10)12-5-7-13(15)8-6-12;3*1-6-2-3-7-8(11(12,13)14)4-5-9(16)10(7)15-6;/h1-8,15H;3*2-5,16H,1H3;/q;;;;+3/p-4. The second-order valence-electron chi connectivity index (χ2n) is 13.6. The molecular weight excluding hydrogens is 870 g/mol. The summed E-state index contributed by atoms with van der Waals surface area (Å²) in [6.07, 6.45) is -13.4. The van der Waals surface area contributed by atoms with Crippen molar-refractivity contribution in [1.82, 2.24) is 15.0 Å². The van der Waals surface area contributed by atoms with Crippen LogP contribution in [0.4, 0.5) is 39.5 Å². The number of alkyl halides is 9. The molecule has 0 aliphatic heterocycles. The molecule has 5 aromatic carbocycles. The third-order valence-corrected chi connectivity index (χ3v) is 9.00. The zero-order chi connectivity index (χ0) is 46.4. The first kappa shape index (κ1) is 49.6. The smallest absolute Gasteiger partial charge is 0.872 e. The van der Waals surface area contributed by atoms with Crippen molar-refractivity contribution < 1.29 is 59.9 Å². The summed E-state index contributed by atoms with van der Waals surface area (Å²) in [6, 6.07) is 29.3. The molecule has 8 rings (SSSR count). The molecule has 324 valence electrons. The number of benzene rings is 5. The molecule has 0 aliphatic rings. The second-order valence-corrected chi connectivity index (χ2v) is 13.6. The third kappa shape index (κ3) is 12.1. The Balaban J connectivity index is 0.000000186. The average Bonchev–Trinajstić information content (AvgIpc) is 3.21. The monoisotopic (exact) mass is 899 g/mol. The summed E-state index contributed by atoms with van der Waals surface area (Å²) in [5.74, 6) is -1.47. The van der Waals surface area contributed by atoms with E-state index in [0.29, 0.717) is 22.6 Å². The maximum absolute atomic E-state index is 12.6. The maximum atomic E-state index is 12.6. The van der Waals surface area contributed by atoms with Gasteiger partial charge in [-0.15, -0.1) is 5.75 Å². The molecule has 0 radical (unpaired) electrons. The Morgan fingerprint density at radius 1 is 0.406 bits per heavy atom. The Hall–Kier alpha value is -7.08. The normalized spacial score (nSPS) is 11.2. The maximum Gasteiger partial charge on any atom is 3.00 e. The topological polar surface area (TPSA) is 155 Å². The Kier molecular flexibility index (Phi) is 15.5. The quantitative estimate of drug-likeness (QED) is 0.117. The van der Waals surface area contributed by atoms with Crippen LogP contribution in [0.25, 0.3) is 43.8 Å². The fraction of sp³-hybridized carbons (Fsp3) is 0.130. The van der Waals surface area contributed by atoms with E-state index in [9.17, 15) is 59.9 Å². The largest absolute Gasteiger partial charge is 3.00 e. The van der Waals surface area contributed by atoms with Crippen LogP contribution in [0, 0.1) is 32.1 Å². The van der Waals surface area contributed by atoms with E-state index in [-0.39, 0.29) is 55.8 Å². The molecule has 8 aromatic rings. The van der Waals surface area contributed by atoms with Crippen molar-refractivity contribution in [2.24, 2.45) is 0 Å². The molecule has 0 unspecified atom stereocenters. The van der Waals surface area contributed by atoms with E-state index in [1.165, 1.54) is 48.5 Å². The van der Waals surface area contributed by atoms with Crippen LogP contribution in [0.3, 0.4) is 0 Å². The van der Waals surface area contributed by atoms with Crippen LogP contribution in [-0.2, 0) is 18.5 Å². The van der Waals surface area contributed by atoms with Gasteiger partial charge in [0.05, 0.1) is 44.9 Å². The number of fused-ring (bicyclic) bond motifs is 3. The van der Waals surface area contributed by atoms with Crippen molar-refractivity contribution >= 4 is 50.1 Å². The van der Waals surface area contributed by atoms with Gasteiger partial charge in [-0.05, 0) is 80.4 Å². The number of nitriles is 1. The van der Waals surface area contributed by atoms with Crippen molar-refractivity contribution in [3.63, 3.8) is 0 Å². The van der Waals surface area contributed by atoms with E-state index in [0.717, 1.165) is 47.5 Å². The first-order chi connectivity index (χ1) is 29.5. The SMILES string of the molecule is Cc1ccc2c(C(F)(F)F)ccc([O-])c2n1.Cc1ccc2c(C(F)(F)F)ccc([O-])c2n1.Cc1ccc2c(C(F)(F)F)ccc([O-])c2n1.N#Cc1ccc(-c2ccc([O-])cc2)cc1.[Al+3]. The molecule has 18 heteroatoms. The van der Waals surface area contributed by atoms with Gasteiger partial charge in [0.1, 0.15) is 0 Å². The van der Waals surface area contributed by atoms with Gasteiger partial charge in [-0.3, -0.25) is 15.0 Å². The van der Waals surface area contributed by atoms with Crippen LogP contribution < -0.4 is 20.4 Å². The van der Waals surface area contributed by atoms with Crippen molar-refractivity contribution in [3.8, 4) is 40.2 Å². The zero-order valence-corrected chi connectivity index (χ0v) is 34.6. The number of hydrogen-bond acceptors (Lipinski definition) is 8. The van der Waals surface area contributed by atoms with Gasteiger partial charge < -0.3 is 20.4 Å². The Labute approximate surface area is 369 Å². The van der Waals surface area contributed by atoms with Crippen molar-refractivity contribution in [2.75, 3.05) is 0 Å². The first-order valence-corrected chi connectivity index (χ1v) is 18.2. The van der Waals surface area contributed by atoms with E-state index >= 15 is 0 Å². The summed E-state index contributed by atoms with van der Waals surface area (Å²) in [7, 11) is 0. The summed E-state index contributed by atoms with van der Waals surface area (Å²) in [6.45, 7) is 4.87. The molecule has 0 atom stereocenters. The average molecular weight is 900 g/mol. The minimum absolute atomic E-state index is 0. The van der Waals surface area contributed by atoms with Crippen LogP contribution in [0.15, 0.2) is 121 Å². The fourth-order valence-corrected chi connectivity index (χ4v) is 6.00. The summed E-state index contributed by atoms with van der Waals surface area (Å²) in [5, 5.41) is 53.3. The van der Waals surface area contributed by atoms with Gasteiger partial charge in [0.15, 0.2) is 0 Å². The van der Waals surface area contributed by atoms with Gasteiger partial charge >= 0.3 is 35.9 Å². The number of aryl methyl sites for hydroxylation is 3. The number of hydrogen-bond donors (Lipinski definition) is 0.